The second-order valence-corrected chi connectivity index (χ2v) is 10.6. The van der Waals surface area contributed by atoms with Crippen molar-refractivity contribution in [1.82, 2.24) is 10.2 Å². The van der Waals surface area contributed by atoms with Gasteiger partial charge in [0.2, 0.25) is 21.8 Å². The summed E-state index contributed by atoms with van der Waals surface area (Å²) >= 11 is 12.1. The Bertz CT molecular complexity index is 1180. The molecule has 1 N–H and O–H groups in total. The van der Waals surface area contributed by atoms with Crippen molar-refractivity contribution in [2.24, 2.45) is 0 Å². The van der Waals surface area contributed by atoms with Gasteiger partial charge >= 0.3 is 0 Å². The summed E-state index contributed by atoms with van der Waals surface area (Å²) in [5.74, 6) is -3.02. The summed E-state index contributed by atoms with van der Waals surface area (Å²) in [5.41, 5.74) is 0.609. The van der Waals surface area contributed by atoms with Crippen LogP contribution >= 0.6 is 23.2 Å². The number of hydrogen-bond acceptors (Lipinski definition) is 4. The van der Waals surface area contributed by atoms with Gasteiger partial charge in [0.25, 0.3) is 0 Å². The number of likely N-dealkylation sites (N-methyl/N-ethyl adjacent to an activating group) is 1. The van der Waals surface area contributed by atoms with Crippen LogP contribution < -0.4 is 9.62 Å². The maximum absolute atomic E-state index is 13.7. The predicted molar refractivity (Wildman–Crippen MR) is 133 cm³/mol. The molecule has 2 amide bonds. The van der Waals surface area contributed by atoms with E-state index in [0.29, 0.717) is 22.0 Å². The number of nitrogens with zero attached hydrogens (tertiary/aromatic N) is 2. The van der Waals surface area contributed by atoms with E-state index >= 15 is 0 Å². The van der Waals surface area contributed by atoms with Gasteiger partial charge < -0.3 is 10.2 Å². The van der Waals surface area contributed by atoms with Crippen LogP contribution in [0.3, 0.4) is 0 Å². The Kier molecular flexibility index (Phi) is 10.3. The molecule has 2 rings (SSSR count). The van der Waals surface area contributed by atoms with Gasteiger partial charge in [-0.2, -0.15) is 0 Å². The molecule has 2 aromatic carbocycles. The van der Waals surface area contributed by atoms with E-state index in [9.17, 15) is 26.8 Å². The topological polar surface area (TPSA) is 86.8 Å². The van der Waals surface area contributed by atoms with Crippen molar-refractivity contribution in [3.63, 3.8) is 0 Å². The minimum Gasteiger partial charge on any atom is -0.357 e. The molecule has 1 unspecified atom stereocenters. The minimum absolute atomic E-state index is 0.0525. The third-order valence-electron chi connectivity index (χ3n) is 5.31. The molecule has 0 radical (unpaired) electrons. The van der Waals surface area contributed by atoms with Crippen molar-refractivity contribution in [2.45, 2.75) is 38.8 Å². The maximum atomic E-state index is 13.7. The van der Waals surface area contributed by atoms with Gasteiger partial charge in [0.05, 0.1) is 22.0 Å². The van der Waals surface area contributed by atoms with Gasteiger partial charge in [0.1, 0.15) is 6.04 Å². The van der Waals surface area contributed by atoms with Crippen LogP contribution in [0.4, 0.5) is 14.5 Å². The molecule has 0 saturated heterocycles. The first-order chi connectivity index (χ1) is 16.4. The van der Waals surface area contributed by atoms with Gasteiger partial charge in [-0.05, 0) is 42.7 Å². The van der Waals surface area contributed by atoms with E-state index < -0.39 is 27.7 Å². The molecule has 1 atom stereocenters. The number of carbonyl (C=O) groups excluding carboxylic acids is 2. The molecule has 0 aliphatic rings. The van der Waals surface area contributed by atoms with Gasteiger partial charge in [0, 0.05) is 32.6 Å². The zero-order chi connectivity index (χ0) is 26.3. The first kappa shape index (κ1) is 28.8. The monoisotopic (exact) mass is 549 g/mol. The largest absolute Gasteiger partial charge is 0.357 e. The van der Waals surface area contributed by atoms with Gasteiger partial charge in [0.15, 0.2) is 11.6 Å². The third kappa shape index (κ3) is 7.78. The van der Waals surface area contributed by atoms with Gasteiger partial charge in [-0.25, -0.2) is 17.2 Å². The van der Waals surface area contributed by atoms with Gasteiger partial charge in [-0.1, -0.05) is 36.2 Å². The maximum Gasteiger partial charge on any atom is 0.242 e. The van der Waals surface area contributed by atoms with Crippen molar-refractivity contribution >= 4 is 50.7 Å². The number of anilines is 1. The van der Waals surface area contributed by atoms with Crippen LogP contribution in [0.25, 0.3) is 0 Å². The summed E-state index contributed by atoms with van der Waals surface area (Å²) in [6, 6.07) is 6.90. The lowest BCUT2D eigenvalue weighted by molar-refractivity contribution is -0.141. The molecular formula is C23H27Cl2F2N3O4S. The highest BCUT2D eigenvalue weighted by Crippen LogP contribution is 2.25. The molecule has 12 heteroatoms. The van der Waals surface area contributed by atoms with E-state index in [-0.39, 0.29) is 43.4 Å². The minimum atomic E-state index is -3.83. The molecule has 2 aromatic rings. The Hall–Kier alpha value is -2.43. The second-order valence-electron chi connectivity index (χ2n) is 7.85. The van der Waals surface area contributed by atoms with E-state index in [1.54, 1.807) is 25.1 Å². The van der Waals surface area contributed by atoms with Crippen LogP contribution in [-0.2, 0) is 26.2 Å². The number of hydrogen-bond donors (Lipinski definition) is 1. The van der Waals surface area contributed by atoms with E-state index in [1.165, 1.54) is 11.9 Å². The van der Waals surface area contributed by atoms with Crippen LogP contribution in [0, 0.1) is 11.6 Å². The van der Waals surface area contributed by atoms with Gasteiger partial charge in [-0.15, -0.1) is 0 Å². The van der Waals surface area contributed by atoms with Crippen LogP contribution in [-0.4, -0.2) is 51.0 Å². The fraction of sp³-hybridized carbons (Fsp3) is 0.391. The average molecular weight is 550 g/mol. The zero-order valence-corrected chi connectivity index (χ0v) is 21.9. The lowest BCUT2D eigenvalue weighted by Crippen LogP contribution is -2.48. The van der Waals surface area contributed by atoms with Crippen LogP contribution in [0.15, 0.2) is 36.4 Å². The second kappa shape index (κ2) is 12.5. The Morgan fingerprint density at radius 1 is 1.06 bits per heavy atom. The summed E-state index contributed by atoms with van der Waals surface area (Å²) in [6.45, 7) is 1.71. The molecule has 0 heterocycles. The molecular weight excluding hydrogens is 523 g/mol. The third-order valence-corrected chi connectivity index (χ3v) is 7.25. The first-order valence-electron chi connectivity index (χ1n) is 10.8. The number of sulfonamides is 1. The Labute approximate surface area is 214 Å². The molecule has 192 valence electrons. The van der Waals surface area contributed by atoms with Crippen molar-refractivity contribution in [1.29, 1.82) is 0 Å². The quantitative estimate of drug-likeness (QED) is 0.450. The summed E-state index contributed by atoms with van der Waals surface area (Å²) in [5, 5.41) is 3.21. The highest BCUT2D eigenvalue weighted by molar-refractivity contribution is 7.92. The van der Waals surface area contributed by atoms with Crippen molar-refractivity contribution in [3.05, 3.63) is 63.6 Å². The lowest BCUT2D eigenvalue weighted by Gasteiger charge is -2.31. The van der Waals surface area contributed by atoms with E-state index in [2.05, 4.69) is 5.32 Å². The average Bonchev–Trinajstić information content (AvgIpc) is 2.79. The van der Waals surface area contributed by atoms with Crippen molar-refractivity contribution in [2.75, 3.05) is 24.2 Å². The Morgan fingerprint density at radius 3 is 2.29 bits per heavy atom. The van der Waals surface area contributed by atoms with E-state index in [1.807, 2.05) is 0 Å². The molecule has 7 nitrogen and oxygen atoms in total. The number of carbonyl (C=O) groups is 2. The van der Waals surface area contributed by atoms with Crippen molar-refractivity contribution < 1.29 is 26.8 Å². The smallest absolute Gasteiger partial charge is 0.242 e. The number of nitrogens with one attached hydrogen (secondary N) is 1. The molecule has 0 aliphatic heterocycles. The lowest BCUT2D eigenvalue weighted by atomic mass is 10.1. The molecule has 0 fully saturated rings. The zero-order valence-electron chi connectivity index (χ0n) is 19.5. The highest BCUT2D eigenvalue weighted by Gasteiger charge is 2.28. The molecule has 0 aromatic heterocycles. The molecule has 0 bridgehead atoms. The van der Waals surface area contributed by atoms with Crippen molar-refractivity contribution in [3.8, 4) is 0 Å². The standard InChI is InChI=1S/C23H27Cl2F2N3O4S/c1-4-21(23(32)28-2)29(14-15-7-9-17(24)18(25)12-15)22(31)6-5-11-30(35(3,33)34)16-8-10-19(26)20(27)13-16/h7-10,12-13,21H,4-6,11,14H2,1-3H3,(H,28,32). The molecule has 0 aliphatic carbocycles. The normalized spacial score (nSPS) is 12.2. The van der Waals surface area contributed by atoms with E-state index in [4.69, 9.17) is 23.2 Å². The SMILES string of the molecule is CCC(C(=O)NC)N(Cc1ccc(Cl)c(Cl)c1)C(=O)CCCN(c1ccc(F)c(F)c1)S(C)(=O)=O. The Morgan fingerprint density at radius 2 is 1.74 bits per heavy atom. The highest BCUT2D eigenvalue weighted by atomic mass is 35.5. The van der Waals surface area contributed by atoms with E-state index in [0.717, 1.165) is 28.8 Å². The first-order valence-corrected chi connectivity index (χ1v) is 13.4. The number of rotatable bonds is 11. The number of halogens is 4. The molecule has 35 heavy (non-hydrogen) atoms. The van der Waals surface area contributed by atoms with Gasteiger partial charge in [-0.3, -0.25) is 13.9 Å². The summed E-state index contributed by atoms with van der Waals surface area (Å²) in [6.07, 6.45) is 1.26. The van der Waals surface area contributed by atoms with Crippen LogP contribution in [0.2, 0.25) is 10.0 Å². The number of amides is 2. The fourth-order valence-electron chi connectivity index (χ4n) is 3.56. The van der Waals surface area contributed by atoms with Crippen LogP contribution in [0.1, 0.15) is 31.7 Å². The summed E-state index contributed by atoms with van der Waals surface area (Å²) in [7, 11) is -2.36. The summed E-state index contributed by atoms with van der Waals surface area (Å²) < 4.78 is 52.4. The molecule has 0 saturated carbocycles. The summed E-state index contributed by atoms with van der Waals surface area (Å²) in [4.78, 5) is 27.1. The fourth-order valence-corrected chi connectivity index (χ4v) is 4.84. The van der Waals surface area contributed by atoms with Crippen LogP contribution in [0.5, 0.6) is 0 Å². The number of benzene rings is 2. The predicted octanol–water partition coefficient (Wildman–Crippen LogP) is 4.37. The molecule has 0 spiro atoms. The Balaban J connectivity index is 2.22.